The van der Waals surface area contributed by atoms with Crippen LogP contribution in [0.5, 0.6) is 0 Å². The summed E-state index contributed by atoms with van der Waals surface area (Å²) in [6.07, 6.45) is 0. The van der Waals surface area contributed by atoms with Gasteiger partial charge in [-0.25, -0.2) is 13.1 Å². The Bertz CT molecular complexity index is 1220. The van der Waals surface area contributed by atoms with Crippen LogP contribution in [-0.2, 0) is 29.7 Å². The molecule has 4 rings (SSSR count). The van der Waals surface area contributed by atoms with Crippen LogP contribution in [0.25, 0.3) is 0 Å². The zero-order valence-electron chi connectivity index (χ0n) is 20.0. The van der Waals surface area contributed by atoms with Gasteiger partial charge in [0.2, 0.25) is 10.0 Å². The van der Waals surface area contributed by atoms with Crippen LogP contribution < -0.4 is 10.0 Å². The van der Waals surface area contributed by atoms with Crippen molar-refractivity contribution in [3.63, 3.8) is 0 Å². The zero-order chi connectivity index (χ0) is 24.7. The third-order valence-electron chi connectivity index (χ3n) is 6.19. The number of nitrogens with zero attached hydrogens (tertiary/aromatic N) is 2. The van der Waals surface area contributed by atoms with Gasteiger partial charge in [-0.05, 0) is 41.9 Å². The highest BCUT2D eigenvalue weighted by atomic mass is 32.2. The molecule has 2 N–H and O–H groups in total. The van der Waals surface area contributed by atoms with Gasteiger partial charge in [0.1, 0.15) is 0 Å². The third kappa shape index (κ3) is 7.22. The monoisotopic (exact) mass is 492 g/mol. The number of piperazine rings is 1. The number of carbonyl (C=O) groups excluding carboxylic acids is 1. The summed E-state index contributed by atoms with van der Waals surface area (Å²) in [4.78, 5) is 17.6. The largest absolute Gasteiger partial charge is 0.348 e. The molecule has 0 bridgehead atoms. The third-order valence-corrected chi connectivity index (χ3v) is 7.59. The molecule has 1 fully saturated rings. The topological polar surface area (TPSA) is 81.8 Å². The van der Waals surface area contributed by atoms with Gasteiger partial charge in [-0.1, -0.05) is 60.7 Å². The van der Waals surface area contributed by atoms with E-state index in [0.717, 1.165) is 43.9 Å². The lowest BCUT2D eigenvalue weighted by atomic mass is 10.1. The minimum Gasteiger partial charge on any atom is -0.348 e. The van der Waals surface area contributed by atoms with Gasteiger partial charge in [-0.2, -0.15) is 0 Å². The van der Waals surface area contributed by atoms with Crippen molar-refractivity contribution in [2.75, 3.05) is 33.2 Å². The molecule has 1 aliphatic rings. The van der Waals surface area contributed by atoms with E-state index in [-0.39, 0.29) is 17.3 Å². The SMILES string of the molecule is CN1CCN(Cc2ccc(CNC(=O)c3cccc(S(=O)(=O)NCc4ccccc4)c3)cc2)CC1. The average Bonchev–Trinajstić information content (AvgIpc) is 2.89. The van der Waals surface area contributed by atoms with Crippen molar-refractivity contribution < 1.29 is 13.2 Å². The van der Waals surface area contributed by atoms with Crippen LogP contribution in [0.15, 0.2) is 83.8 Å². The number of hydrogen-bond acceptors (Lipinski definition) is 5. The number of sulfonamides is 1. The molecule has 1 amide bonds. The molecule has 35 heavy (non-hydrogen) atoms. The minimum atomic E-state index is -3.74. The molecular weight excluding hydrogens is 460 g/mol. The number of likely N-dealkylation sites (N-methyl/N-ethyl adjacent to an activating group) is 1. The molecule has 0 spiro atoms. The predicted octanol–water partition coefficient (Wildman–Crippen LogP) is 2.84. The van der Waals surface area contributed by atoms with E-state index in [1.165, 1.54) is 17.7 Å². The summed E-state index contributed by atoms with van der Waals surface area (Å²) in [5.41, 5.74) is 3.41. The van der Waals surface area contributed by atoms with E-state index in [1.807, 2.05) is 42.5 Å². The Labute approximate surface area is 207 Å². The molecule has 8 heteroatoms. The highest BCUT2D eigenvalue weighted by molar-refractivity contribution is 7.89. The Morgan fingerprint density at radius 2 is 1.46 bits per heavy atom. The summed E-state index contributed by atoms with van der Waals surface area (Å²) < 4.78 is 28.0. The smallest absolute Gasteiger partial charge is 0.251 e. The van der Waals surface area contributed by atoms with Gasteiger partial charge < -0.3 is 10.2 Å². The van der Waals surface area contributed by atoms with Crippen molar-refractivity contribution in [2.45, 2.75) is 24.5 Å². The first-order valence-electron chi connectivity index (χ1n) is 11.8. The van der Waals surface area contributed by atoms with Gasteiger partial charge >= 0.3 is 0 Å². The van der Waals surface area contributed by atoms with Crippen LogP contribution in [0.4, 0.5) is 0 Å². The van der Waals surface area contributed by atoms with Crippen LogP contribution in [0, 0.1) is 0 Å². The summed E-state index contributed by atoms with van der Waals surface area (Å²) in [7, 11) is -1.59. The summed E-state index contributed by atoms with van der Waals surface area (Å²) in [5, 5.41) is 2.89. The zero-order valence-corrected chi connectivity index (χ0v) is 20.8. The quantitative estimate of drug-likeness (QED) is 0.480. The molecule has 1 aliphatic heterocycles. The molecule has 1 heterocycles. The van der Waals surface area contributed by atoms with E-state index in [1.54, 1.807) is 12.1 Å². The fourth-order valence-corrected chi connectivity index (χ4v) is 5.04. The molecule has 0 aliphatic carbocycles. The molecule has 0 unspecified atom stereocenters. The summed E-state index contributed by atoms with van der Waals surface area (Å²) >= 11 is 0. The highest BCUT2D eigenvalue weighted by Gasteiger charge is 2.17. The Hall–Kier alpha value is -3.04. The van der Waals surface area contributed by atoms with Gasteiger partial charge in [-0.3, -0.25) is 9.69 Å². The number of hydrogen-bond donors (Lipinski definition) is 2. The lowest BCUT2D eigenvalue weighted by Gasteiger charge is -2.32. The molecular formula is C27H32N4O3S. The van der Waals surface area contributed by atoms with E-state index < -0.39 is 10.0 Å². The molecule has 0 radical (unpaired) electrons. The van der Waals surface area contributed by atoms with Crippen LogP contribution in [0.1, 0.15) is 27.0 Å². The molecule has 3 aromatic rings. The normalized spacial score (nSPS) is 15.1. The van der Waals surface area contributed by atoms with E-state index in [9.17, 15) is 13.2 Å². The average molecular weight is 493 g/mol. The fourth-order valence-electron chi connectivity index (χ4n) is 3.97. The number of rotatable bonds is 9. The van der Waals surface area contributed by atoms with Gasteiger partial charge in [0.15, 0.2) is 0 Å². The Balaban J connectivity index is 1.31. The molecule has 7 nitrogen and oxygen atoms in total. The molecule has 3 aromatic carbocycles. The second-order valence-electron chi connectivity index (χ2n) is 8.92. The summed E-state index contributed by atoms with van der Waals surface area (Å²) in [6, 6.07) is 23.6. The second kappa shape index (κ2) is 11.6. The number of amides is 1. The number of benzene rings is 3. The predicted molar refractivity (Wildman–Crippen MR) is 137 cm³/mol. The van der Waals surface area contributed by atoms with E-state index in [2.05, 4.69) is 39.0 Å². The van der Waals surface area contributed by atoms with Crippen molar-refractivity contribution in [3.8, 4) is 0 Å². The molecule has 0 aromatic heterocycles. The lowest BCUT2D eigenvalue weighted by molar-refractivity contribution is 0.0950. The maximum atomic E-state index is 12.7. The van der Waals surface area contributed by atoms with Gasteiger partial charge in [0, 0.05) is 51.4 Å². The van der Waals surface area contributed by atoms with E-state index in [0.29, 0.717) is 12.1 Å². The second-order valence-corrected chi connectivity index (χ2v) is 10.7. The lowest BCUT2D eigenvalue weighted by Crippen LogP contribution is -2.43. The molecule has 1 saturated heterocycles. The first-order valence-corrected chi connectivity index (χ1v) is 13.3. The Morgan fingerprint density at radius 1 is 0.800 bits per heavy atom. The minimum absolute atomic E-state index is 0.0642. The number of carbonyl (C=O) groups is 1. The first-order chi connectivity index (χ1) is 16.9. The molecule has 184 valence electrons. The van der Waals surface area contributed by atoms with Crippen molar-refractivity contribution in [1.29, 1.82) is 0 Å². The Morgan fingerprint density at radius 3 is 2.17 bits per heavy atom. The van der Waals surface area contributed by atoms with Crippen LogP contribution in [-0.4, -0.2) is 57.4 Å². The van der Waals surface area contributed by atoms with Gasteiger partial charge in [0.05, 0.1) is 4.90 Å². The fraction of sp³-hybridized carbons (Fsp3) is 0.296. The van der Waals surface area contributed by atoms with Crippen LogP contribution >= 0.6 is 0 Å². The molecule has 0 atom stereocenters. The number of nitrogens with one attached hydrogen (secondary N) is 2. The first kappa shape index (κ1) is 25.1. The van der Waals surface area contributed by atoms with Gasteiger partial charge in [0.25, 0.3) is 5.91 Å². The van der Waals surface area contributed by atoms with Crippen LogP contribution in [0.3, 0.4) is 0 Å². The standard InChI is InChI=1S/C27H32N4O3S/c1-30-14-16-31(17-15-30)21-24-12-10-23(11-13-24)19-28-27(32)25-8-5-9-26(18-25)35(33,34)29-20-22-6-3-2-4-7-22/h2-13,18,29H,14-17,19-21H2,1H3,(H,28,32). The summed E-state index contributed by atoms with van der Waals surface area (Å²) in [5.74, 6) is -0.313. The van der Waals surface area contributed by atoms with Crippen molar-refractivity contribution in [2.24, 2.45) is 0 Å². The van der Waals surface area contributed by atoms with Gasteiger partial charge in [-0.15, -0.1) is 0 Å². The van der Waals surface area contributed by atoms with Crippen molar-refractivity contribution in [1.82, 2.24) is 19.8 Å². The van der Waals surface area contributed by atoms with Crippen molar-refractivity contribution in [3.05, 3.63) is 101 Å². The summed E-state index contributed by atoms with van der Waals surface area (Å²) in [6.45, 7) is 5.82. The maximum Gasteiger partial charge on any atom is 0.251 e. The maximum absolute atomic E-state index is 12.7. The highest BCUT2D eigenvalue weighted by Crippen LogP contribution is 2.14. The Kier molecular flexibility index (Phi) is 8.30. The van der Waals surface area contributed by atoms with E-state index in [4.69, 9.17) is 0 Å². The van der Waals surface area contributed by atoms with E-state index >= 15 is 0 Å². The van der Waals surface area contributed by atoms with Crippen molar-refractivity contribution >= 4 is 15.9 Å². The molecule has 0 saturated carbocycles. The van der Waals surface area contributed by atoms with Crippen LogP contribution in [0.2, 0.25) is 0 Å².